The normalized spacial score (nSPS) is 14.2. The fourth-order valence-electron chi connectivity index (χ4n) is 2.31. The Morgan fingerprint density at radius 1 is 1.44 bits per heavy atom. The van der Waals surface area contributed by atoms with Crippen molar-refractivity contribution in [1.82, 2.24) is 4.98 Å². The highest BCUT2D eigenvalue weighted by Crippen LogP contribution is 2.31. The van der Waals surface area contributed by atoms with Crippen molar-refractivity contribution in [1.29, 1.82) is 0 Å². The van der Waals surface area contributed by atoms with Gasteiger partial charge in [0.1, 0.15) is 0 Å². The number of fused-ring (bicyclic) bond motifs is 1. The number of rotatable bonds is 2. The highest BCUT2D eigenvalue weighted by molar-refractivity contribution is 7.07. The van der Waals surface area contributed by atoms with E-state index in [-0.39, 0.29) is 0 Å². The van der Waals surface area contributed by atoms with Gasteiger partial charge in [-0.15, -0.1) is 11.3 Å². The molecule has 0 saturated heterocycles. The fraction of sp³-hybridized carbons (Fsp3) is 0.308. The van der Waals surface area contributed by atoms with Crippen LogP contribution in [0.1, 0.15) is 12.5 Å². The first-order valence-corrected chi connectivity index (χ1v) is 6.59. The van der Waals surface area contributed by atoms with E-state index in [0.717, 1.165) is 18.8 Å². The third-order valence-corrected chi connectivity index (χ3v) is 3.77. The highest BCUT2D eigenvalue weighted by atomic mass is 32.1. The molecule has 0 N–H and O–H groups in total. The summed E-state index contributed by atoms with van der Waals surface area (Å²) in [6, 6.07) is 6.71. The Kier molecular flexibility index (Phi) is 2.40. The van der Waals surface area contributed by atoms with Crippen LogP contribution in [0.25, 0.3) is 11.3 Å². The number of hydrogen-bond donors (Lipinski definition) is 0. The molecule has 0 spiro atoms. The second-order valence-corrected chi connectivity index (χ2v) is 4.77. The topological polar surface area (TPSA) is 16.1 Å². The molecule has 2 aromatic rings. The van der Waals surface area contributed by atoms with Gasteiger partial charge in [0.15, 0.2) is 0 Å². The van der Waals surface area contributed by atoms with Gasteiger partial charge < -0.3 is 4.90 Å². The second-order valence-electron chi connectivity index (χ2n) is 4.05. The van der Waals surface area contributed by atoms with E-state index in [4.69, 9.17) is 0 Å². The molecule has 1 aromatic heterocycles. The van der Waals surface area contributed by atoms with Crippen molar-refractivity contribution in [3.8, 4) is 11.3 Å². The Hall–Kier alpha value is -1.35. The fourth-order valence-corrected chi connectivity index (χ4v) is 2.87. The summed E-state index contributed by atoms with van der Waals surface area (Å²) in [7, 11) is 0. The van der Waals surface area contributed by atoms with E-state index in [1.54, 1.807) is 11.3 Å². The van der Waals surface area contributed by atoms with Crippen LogP contribution in [0.2, 0.25) is 0 Å². The summed E-state index contributed by atoms with van der Waals surface area (Å²) >= 11 is 1.65. The van der Waals surface area contributed by atoms with Gasteiger partial charge in [0.25, 0.3) is 0 Å². The Labute approximate surface area is 99.6 Å². The van der Waals surface area contributed by atoms with Crippen LogP contribution in [0.5, 0.6) is 0 Å². The van der Waals surface area contributed by atoms with Crippen molar-refractivity contribution in [3.05, 3.63) is 34.7 Å². The molecule has 0 radical (unpaired) electrons. The average Bonchev–Trinajstić information content (AvgIpc) is 2.97. The Morgan fingerprint density at radius 3 is 3.12 bits per heavy atom. The summed E-state index contributed by atoms with van der Waals surface area (Å²) < 4.78 is 0. The molecular weight excluding hydrogens is 216 g/mol. The third kappa shape index (κ3) is 1.52. The molecule has 16 heavy (non-hydrogen) atoms. The number of thiazole rings is 1. The Bertz CT molecular complexity index is 491. The lowest BCUT2D eigenvalue weighted by Gasteiger charge is -2.16. The van der Waals surface area contributed by atoms with Gasteiger partial charge in [-0.25, -0.2) is 4.98 Å². The van der Waals surface area contributed by atoms with Gasteiger partial charge in [-0.05, 0) is 31.0 Å². The first-order chi connectivity index (χ1) is 7.88. The minimum atomic E-state index is 1.10. The smallest absolute Gasteiger partial charge is 0.0811 e. The molecule has 0 fully saturated rings. The molecule has 0 amide bonds. The van der Waals surface area contributed by atoms with Crippen LogP contribution in [0, 0.1) is 0 Å². The number of benzene rings is 1. The number of nitrogens with zero attached hydrogens (tertiary/aromatic N) is 2. The number of anilines is 1. The van der Waals surface area contributed by atoms with Crippen LogP contribution in [0.15, 0.2) is 29.1 Å². The molecule has 0 saturated carbocycles. The second kappa shape index (κ2) is 3.91. The lowest BCUT2D eigenvalue weighted by Crippen LogP contribution is -2.18. The van der Waals surface area contributed by atoms with E-state index in [9.17, 15) is 0 Å². The molecule has 3 rings (SSSR count). The van der Waals surface area contributed by atoms with Crippen LogP contribution < -0.4 is 4.90 Å². The lowest BCUT2D eigenvalue weighted by atomic mass is 10.1. The molecule has 0 atom stereocenters. The van der Waals surface area contributed by atoms with Crippen molar-refractivity contribution < 1.29 is 0 Å². The van der Waals surface area contributed by atoms with Crippen LogP contribution in [-0.2, 0) is 6.42 Å². The van der Waals surface area contributed by atoms with Gasteiger partial charge in [-0.1, -0.05) is 6.07 Å². The molecule has 1 aliphatic rings. The Balaban J connectivity index is 2.01. The van der Waals surface area contributed by atoms with Gasteiger partial charge in [0, 0.05) is 29.7 Å². The summed E-state index contributed by atoms with van der Waals surface area (Å²) in [5.74, 6) is 0. The van der Waals surface area contributed by atoms with E-state index < -0.39 is 0 Å². The van der Waals surface area contributed by atoms with Gasteiger partial charge in [-0.3, -0.25) is 0 Å². The zero-order chi connectivity index (χ0) is 11.0. The van der Waals surface area contributed by atoms with Gasteiger partial charge in [0.2, 0.25) is 0 Å². The van der Waals surface area contributed by atoms with E-state index in [0.29, 0.717) is 0 Å². The number of hydrogen-bond acceptors (Lipinski definition) is 3. The average molecular weight is 230 g/mol. The first-order valence-electron chi connectivity index (χ1n) is 5.65. The van der Waals surface area contributed by atoms with Crippen LogP contribution >= 0.6 is 11.3 Å². The molecule has 2 nitrogen and oxygen atoms in total. The predicted molar refractivity (Wildman–Crippen MR) is 69.1 cm³/mol. The maximum absolute atomic E-state index is 4.36. The predicted octanol–water partition coefficient (Wildman–Crippen LogP) is 3.19. The van der Waals surface area contributed by atoms with Crippen LogP contribution in [0.4, 0.5) is 5.69 Å². The third-order valence-electron chi connectivity index (χ3n) is 3.18. The SMILES string of the molecule is CCN1CCc2cc(-c3cscn3)ccc21. The Morgan fingerprint density at radius 2 is 2.38 bits per heavy atom. The minimum absolute atomic E-state index is 1.10. The highest BCUT2D eigenvalue weighted by Gasteiger charge is 2.17. The summed E-state index contributed by atoms with van der Waals surface area (Å²) in [6.07, 6.45) is 1.17. The minimum Gasteiger partial charge on any atom is -0.371 e. The molecule has 82 valence electrons. The van der Waals surface area contributed by atoms with Gasteiger partial charge >= 0.3 is 0 Å². The monoisotopic (exact) mass is 230 g/mol. The molecule has 3 heteroatoms. The summed E-state index contributed by atoms with van der Waals surface area (Å²) in [6.45, 7) is 4.47. The summed E-state index contributed by atoms with van der Waals surface area (Å²) in [4.78, 5) is 6.79. The number of aromatic nitrogens is 1. The molecule has 2 heterocycles. The summed E-state index contributed by atoms with van der Waals surface area (Å²) in [5, 5.41) is 2.11. The maximum Gasteiger partial charge on any atom is 0.0811 e. The largest absolute Gasteiger partial charge is 0.371 e. The van der Waals surface area contributed by atoms with Gasteiger partial charge in [0.05, 0.1) is 11.2 Å². The quantitative estimate of drug-likeness (QED) is 0.787. The lowest BCUT2D eigenvalue weighted by molar-refractivity contribution is 0.868. The van der Waals surface area contributed by atoms with E-state index in [2.05, 4.69) is 40.4 Å². The zero-order valence-electron chi connectivity index (χ0n) is 9.31. The zero-order valence-corrected chi connectivity index (χ0v) is 10.1. The standard InChI is InChI=1S/C13H14N2S/c1-2-15-6-5-11-7-10(3-4-13(11)15)12-8-16-9-14-12/h3-4,7-9H,2,5-6H2,1H3. The molecule has 1 aliphatic heterocycles. The number of likely N-dealkylation sites (N-methyl/N-ethyl adjacent to an activating group) is 1. The molecule has 1 aromatic carbocycles. The van der Waals surface area contributed by atoms with Crippen molar-refractivity contribution in [2.75, 3.05) is 18.0 Å². The molecule has 0 aliphatic carbocycles. The van der Waals surface area contributed by atoms with Crippen LogP contribution in [0.3, 0.4) is 0 Å². The summed E-state index contributed by atoms with van der Waals surface area (Å²) in [5.41, 5.74) is 7.11. The maximum atomic E-state index is 4.36. The molecule has 0 bridgehead atoms. The van der Waals surface area contributed by atoms with Crippen molar-refractivity contribution >= 4 is 17.0 Å². The van der Waals surface area contributed by atoms with Crippen molar-refractivity contribution in [2.24, 2.45) is 0 Å². The van der Waals surface area contributed by atoms with E-state index in [1.807, 2.05) is 5.51 Å². The first kappa shape index (κ1) is 9.85. The molecule has 0 unspecified atom stereocenters. The van der Waals surface area contributed by atoms with Crippen molar-refractivity contribution in [2.45, 2.75) is 13.3 Å². The van der Waals surface area contributed by atoms with Gasteiger partial charge in [-0.2, -0.15) is 0 Å². The molecular formula is C13H14N2S. The van der Waals surface area contributed by atoms with Crippen molar-refractivity contribution in [3.63, 3.8) is 0 Å². The van der Waals surface area contributed by atoms with Crippen LogP contribution in [-0.4, -0.2) is 18.1 Å². The van der Waals surface area contributed by atoms with E-state index in [1.165, 1.54) is 23.2 Å². The van der Waals surface area contributed by atoms with E-state index >= 15 is 0 Å².